The predicted octanol–water partition coefficient (Wildman–Crippen LogP) is 4.03. The third-order valence-corrected chi connectivity index (χ3v) is 4.92. The largest absolute Gasteiger partial charge is 0.484 e. The number of nitrogens with one attached hydrogen (secondary N) is 1. The molecule has 1 N–H and O–H groups in total. The van der Waals surface area contributed by atoms with Crippen LogP contribution in [-0.4, -0.2) is 35.1 Å². The van der Waals surface area contributed by atoms with E-state index in [1.165, 1.54) is 0 Å². The van der Waals surface area contributed by atoms with Gasteiger partial charge in [-0.2, -0.15) is 0 Å². The molecule has 3 amide bonds. The molecule has 0 aromatic heterocycles. The first-order valence-electron chi connectivity index (χ1n) is 8.43. The summed E-state index contributed by atoms with van der Waals surface area (Å²) in [6.07, 6.45) is 6.78. The number of thioether (sulfide) groups is 1. The number of hydrogen-bond acceptors (Lipinski definition) is 5. The molecule has 0 saturated carbocycles. The third-order valence-electron chi connectivity index (χ3n) is 3.78. The van der Waals surface area contributed by atoms with Gasteiger partial charge in [0.25, 0.3) is 17.1 Å². The molecule has 3 rings (SSSR count). The number of imide groups is 1. The van der Waals surface area contributed by atoms with Gasteiger partial charge in [0.15, 0.2) is 6.61 Å². The van der Waals surface area contributed by atoms with Crippen LogP contribution >= 0.6 is 23.4 Å². The van der Waals surface area contributed by atoms with Gasteiger partial charge in [-0.1, -0.05) is 35.7 Å². The van der Waals surface area contributed by atoms with E-state index in [0.717, 1.165) is 16.7 Å². The number of carbonyl (C=O) groups is 3. The normalized spacial score (nSPS) is 14.8. The Hall–Kier alpha value is -3.21. The molecule has 0 atom stereocenters. The second-order valence-corrected chi connectivity index (χ2v) is 7.32. The van der Waals surface area contributed by atoms with Crippen molar-refractivity contribution in [1.29, 1.82) is 0 Å². The Morgan fingerprint density at radius 1 is 1.24 bits per heavy atom. The summed E-state index contributed by atoms with van der Waals surface area (Å²) in [5.41, 5.74) is 1.30. The van der Waals surface area contributed by atoms with Crippen molar-refractivity contribution in [3.8, 4) is 18.1 Å². The van der Waals surface area contributed by atoms with Gasteiger partial charge in [0, 0.05) is 10.7 Å². The fourth-order valence-electron chi connectivity index (χ4n) is 2.45. The molecule has 1 aliphatic rings. The van der Waals surface area contributed by atoms with Gasteiger partial charge in [-0.05, 0) is 53.7 Å². The number of benzene rings is 2. The number of hydrogen-bond donors (Lipinski definition) is 1. The molecule has 0 radical (unpaired) electrons. The van der Waals surface area contributed by atoms with Crippen LogP contribution in [0.4, 0.5) is 10.5 Å². The summed E-state index contributed by atoms with van der Waals surface area (Å²) in [6, 6.07) is 13.6. The number of halogens is 1. The molecule has 8 heteroatoms. The average molecular weight is 427 g/mol. The maximum Gasteiger partial charge on any atom is 0.294 e. The molecule has 2 aromatic carbocycles. The smallest absolute Gasteiger partial charge is 0.294 e. The quantitative estimate of drug-likeness (QED) is 0.557. The topological polar surface area (TPSA) is 75.7 Å². The van der Waals surface area contributed by atoms with Crippen LogP contribution in [0.3, 0.4) is 0 Å². The minimum absolute atomic E-state index is 0.0496. The minimum Gasteiger partial charge on any atom is -0.484 e. The summed E-state index contributed by atoms with van der Waals surface area (Å²) in [7, 11) is 0. The average Bonchev–Trinajstić information content (AvgIpc) is 2.95. The molecule has 1 saturated heterocycles. The van der Waals surface area contributed by atoms with Gasteiger partial charge in [0.05, 0.1) is 11.4 Å². The summed E-state index contributed by atoms with van der Waals surface area (Å²) < 4.78 is 5.46. The van der Waals surface area contributed by atoms with Crippen molar-refractivity contribution in [3.63, 3.8) is 0 Å². The lowest BCUT2D eigenvalue weighted by Gasteiger charge is -2.08. The van der Waals surface area contributed by atoms with E-state index in [2.05, 4.69) is 11.2 Å². The monoisotopic (exact) mass is 426 g/mol. The number of carbonyl (C=O) groups excluding carboxylic acids is 3. The van der Waals surface area contributed by atoms with E-state index in [4.69, 9.17) is 22.8 Å². The van der Waals surface area contributed by atoms with Crippen LogP contribution in [0.5, 0.6) is 5.75 Å². The minimum atomic E-state index is -0.407. The standard InChI is InChI=1S/C21H15ClN2O4S/c1-2-10-24-20(26)18(29-21(24)27)11-14-6-8-17(9-7-14)28-13-19(25)23-16-5-3-4-15(22)12-16/h1,3-9,11-12H,10,13H2,(H,23,25)/b18-11-. The molecule has 1 heterocycles. The number of terminal acetylenes is 1. The molecule has 0 spiro atoms. The van der Waals surface area contributed by atoms with Gasteiger partial charge in [0.2, 0.25) is 0 Å². The van der Waals surface area contributed by atoms with E-state index >= 15 is 0 Å². The summed E-state index contributed by atoms with van der Waals surface area (Å²) in [5, 5.41) is 2.83. The molecular weight excluding hydrogens is 412 g/mol. The van der Waals surface area contributed by atoms with Gasteiger partial charge >= 0.3 is 0 Å². The van der Waals surface area contributed by atoms with Crippen LogP contribution in [0.25, 0.3) is 6.08 Å². The Labute approximate surface area is 176 Å². The van der Waals surface area contributed by atoms with Crippen LogP contribution in [-0.2, 0) is 9.59 Å². The molecule has 0 aliphatic carbocycles. The zero-order chi connectivity index (χ0) is 20.8. The Morgan fingerprint density at radius 3 is 2.69 bits per heavy atom. The fraction of sp³-hybridized carbons (Fsp3) is 0.0952. The van der Waals surface area contributed by atoms with Crippen molar-refractivity contribution in [2.24, 2.45) is 0 Å². The highest BCUT2D eigenvalue weighted by Gasteiger charge is 2.34. The SMILES string of the molecule is C#CCN1C(=O)S/C(=C\c2ccc(OCC(=O)Nc3cccc(Cl)c3)cc2)C1=O. The van der Waals surface area contributed by atoms with Crippen LogP contribution in [0.1, 0.15) is 5.56 Å². The lowest BCUT2D eigenvalue weighted by Crippen LogP contribution is -2.28. The van der Waals surface area contributed by atoms with Crippen LogP contribution in [0.2, 0.25) is 5.02 Å². The molecule has 2 aromatic rings. The lowest BCUT2D eigenvalue weighted by atomic mass is 10.2. The van der Waals surface area contributed by atoms with E-state index in [1.807, 2.05) is 0 Å². The van der Waals surface area contributed by atoms with E-state index in [1.54, 1.807) is 54.6 Å². The van der Waals surface area contributed by atoms with Gasteiger partial charge < -0.3 is 10.1 Å². The van der Waals surface area contributed by atoms with Crippen molar-refractivity contribution in [2.45, 2.75) is 0 Å². The lowest BCUT2D eigenvalue weighted by molar-refractivity contribution is -0.122. The molecular formula is C21H15ClN2O4S. The Kier molecular flexibility index (Phi) is 6.60. The first-order chi connectivity index (χ1) is 14.0. The van der Waals surface area contributed by atoms with E-state index in [0.29, 0.717) is 26.9 Å². The van der Waals surface area contributed by atoms with Crippen LogP contribution in [0, 0.1) is 12.3 Å². The van der Waals surface area contributed by atoms with Crippen molar-refractivity contribution in [1.82, 2.24) is 4.90 Å². The van der Waals surface area contributed by atoms with E-state index < -0.39 is 5.91 Å². The Balaban J connectivity index is 1.56. The van der Waals surface area contributed by atoms with Crippen molar-refractivity contribution >= 4 is 52.2 Å². The first kappa shape index (κ1) is 20.5. The van der Waals surface area contributed by atoms with Gasteiger partial charge in [-0.15, -0.1) is 6.42 Å². The molecule has 0 unspecified atom stereocenters. The first-order valence-corrected chi connectivity index (χ1v) is 9.63. The van der Waals surface area contributed by atoms with Crippen molar-refractivity contribution in [3.05, 3.63) is 64.0 Å². The van der Waals surface area contributed by atoms with Crippen molar-refractivity contribution < 1.29 is 19.1 Å². The zero-order valence-electron chi connectivity index (χ0n) is 15.1. The van der Waals surface area contributed by atoms with Gasteiger partial charge in [-0.25, -0.2) is 0 Å². The van der Waals surface area contributed by atoms with E-state index in [-0.39, 0.29) is 24.3 Å². The Bertz CT molecular complexity index is 1030. The highest BCUT2D eigenvalue weighted by molar-refractivity contribution is 8.18. The van der Waals surface area contributed by atoms with Crippen molar-refractivity contribution in [2.75, 3.05) is 18.5 Å². The number of ether oxygens (including phenoxy) is 1. The maximum absolute atomic E-state index is 12.2. The molecule has 6 nitrogen and oxygen atoms in total. The van der Waals surface area contributed by atoms with Gasteiger partial charge in [-0.3, -0.25) is 19.3 Å². The highest BCUT2D eigenvalue weighted by Crippen LogP contribution is 2.32. The molecule has 29 heavy (non-hydrogen) atoms. The summed E-state index contributed by atoms with van der Waals surface area (Å²) in [5.74, 6) is 2.05. The number of anilines is 1. The molecule has 0 bridgehead atoms. The second kappa shape index (κ2) is 9.32. The summed E-state index contributed by atoms with van der Waals surface area (Å²) in [6.45, 7) is -0.219. The predicted molar refractivity (Wildman–Crippen MR) is 114 cm³/mol. The molecule has 1 aliphatic heterocycles. The number of amides is 3. The third kappa shape index (κ3) is 5.41. The Morgan fingerprint density at radius 2 is 2.00 bits per heavy atom. The fourth-order valence-corrected chi connectivity index (χ4v) is 3.48. The number of nitrogens with zero attached hydrogens (tertiary/aromatic N) is 1. The number of rotatable bonds is 6. The summed E-state index contributed by atoms with van der Waals surface area (Å²) >= 11 is 6.72. The molecule has 146 valence electrons. The second-order valence-electron chi connectivity index (χ2n) is 5.89. The van der Waals surface area contributed by atoms with Crippen LogP contribution < -0.4 is 10.1 Å². The van der Waals surface area contributed by atoms with E-state index in [9.17, 15) is 14.4 Å². The van der Waals surface area contributed by atoms with Crippen LogP contribution in [0.15, 0.2) is 53.4 Å². The van der Waals surface area contributed by atoms with Gasteiger partial charge in [0.1, 0.15) is 5.75 Å². The highest BCUT2D eigenvalue weighted by atomic mass is 35.5. The zero-order valence-corrected chi connectivity index (χ0v) is 16.6. The molecule has 1 fully saturated rings. The summed E-state index contributed by atoms with van der Waals surface area (Å²) in [4.78, 5) is 37.3. The maximum atomic E-state index is 12.2.